The molecular formula is C12H20ClN5O. The number of halogens is 1. The Morgan fingerprint density at radius 2 is 2.21 bits per heavy atom. The number of nitrogens with two attached hydrogens (primary N) is 1. The molecule has 0 amide bonds. The highest BCUT2D eigenvalue weighted by molar-refractivity contribution is 6.35. The minimum absolute atomic E-state index is 0.316. The average Bonchev–Trinajstić information content (AvgIpc) is 2.43. The van der Waals surface area contributed by atoms with E-state index in [1.807, 2.05) is 0 Å². The predicted molar refractivity (Wildman–Crippen MR) is 76.4 cm³/mol. The van der Waals surface area contributed by atoms with Crippen molar-refractivity contribution in [2.45, 2.75) is 18.9 Å². The van der Waals surface area contributed by atoms with E-state index in [4.69, 9.17) is 22.1 Å². The SMILES string of the molecule is COCCN1CCC(Nc2ncnc(N)c2Cl)CC1. The quantitative estimate of drug-likeness (QED) is 0.848. The molecule has 2 heterocycles. The summed E-state index contributed by atoms with van der Waals surface area (Å²) in [6.07, 6.45) is 3.55. The Labute approximate surface area is 118 Å². The second kappa shape index (κ2) is 6.88. The van der Waals surface area contributed by atoms with E-state index >= 15 is 0 Å². The fourth-order valence-electron chi connectivity index (χ4n) is 2.20. The number of ether oxygens (including phenoxy) is 1. The van der Waals surface area contributed by atoms with Gasteiger partial charge < -0.3 is 20.7 Å². The van der Waals surface area contributed by atoms with Crippen molar-refractivity contribution in [2.75, 3.05) is 44.4 Å². The molecule has 1 aromatic heterocycles. The third-order valence-electron chi connectivity index (χ3n) is 3.36. The summed E-state index contributed by atoms with van der Waals surface area (Å²) in [7, 11) is 1.73. The van der Waals surface area contributed by atoms with Crippen LogP contribution in [0.25, 0.3) is 0 Å². The number of hydrogen-bond acceptors (Lipinski definition) is 6. The molecule has 1 saturated heterocycles. The second-order valence-electron chi connectivity index (χ2n) is 4.67. The molecule has 3 N–H and O–H groups in total. The Morgan fingerprint density at radius 1 is 1.47 bits per heavy atom. The van der Waals surface area contributed by atoms with Crippen molar-refractivity contribution in [1.29, 1.82) is 0 Å². The Balaban J connectivity index is 1.84. The van der Waals surface area contributed by atoms with E-state index in [1.165, 1.54) is 6.33 Å². The van der Waals surface area contributed by atoms with Gasteiger partial charge in [-0.3, -0.25) is 0 Å². The van der Waals surface area contributed by atoms with E-state index in [9.17, 15) is 0 Å². The number of hydrogen-bond donors (Lipinski definition) is 2. The highest BCUT2D eigenvalue weighted by atomic mass is 35.5. The van der Waals surface area contributed by atoms with Crippen LogP contribution in [0.3, 0.4) is 0 Å². The number of aromatic nitrogens is 2. The molecule has 0 atom stereocenters. The van der Waals surface area contributed by atoms with Crippen molar-refractivity contribution in [1.82, 2.24) is 14.9 Å². The third kappa shape index (κ3) is 3.92. The maximum Gasteiger partial charge on any atom is 0.150 e. The first-order valence-electron chi connectivity index (χ1n) is 6.44. The maximum absolute atomic E-state index is 6.07. The number of piperidine rings is 1. The number of nitrogen functional groups attached to an aromatic ring is 1. The van der Waals surface area contributed by atoms with E-state index < -0.39 is 0 Å². The molecule has 1 aliphatic heterocycles. The Kier molecular flexibility index (Phi) is 5.18. The van der Waals surface area contributed by atoms with E-state index in [2.05, 4.69) is 20.2 Å². The molecule has 1 aliphatic rings. The van der Waals surface area contributed by atoms with Crippen LogP contribution in [-0.2, 0) is 4.74 Å². The van der Waals surface area contributed by atoms with Gasteiger partial charge in [-0.1, -0.05) is 11.6 Å². The summed E-state index contributed by atoms with van der Waals surface area (Å²) in [6.45, 7) is 3.88. The van der Waals surface area contributed by atoms with E-state index in [-0.39, 0.29) is 0 Å². The fraction of sp³-hybridized carbons (Fsp3) is 0.667. The van der Waals surface area contributed by atoms with Crippen LogP contribution in [0.4, 0.5) is 11.6 Å². The lowest BCUT2D eigenvalue weighted by atomic mass is 10.1. The molecule has 106 valence electrons. The van der Waals surface area contributed by atoms with Gasteiger partial charge in [-0.15, -0.1) is 0 Å². The van der Waals surface area contributed by atoms with Gasteiger partial charge in [-0.2, -0.15) is 0 Å². The molecular weight excluding hydrogens is 266 g/mol. The van der Waals surface area contributed by atoms with Crippen molar-refractivity contribution in [3.05, 3.63) is 11.3 Å². The number of nitrogens with zero attached hydrogens (tertiary/aromatic N) is 3. The molecule has 0 bridgehead atoms. The molecule has 1 fully saturated rings. The summed E-state index contributed by atoms with van der Waals surface area (Å²) in [5.74, 6) is 0.946. The lowest BCUT2D eigenvalue weighted by Crippen LogP contribution is -2.40. The summed E-state index contributed by atoms with van der Waals surface area (Å²) in [5.41, 5.74) is 5.66. The number of rotatable bonds is 5. The monoisotopic (exact) mass is 285 g/mol. The summed E-state index contributed by atoms with van der Waals surface area (Å²) >= 11 is 6.07. The van der Waals surface area contributed by atoms with Gasteiger partial charge in [0.2, 0.25) is 0 Å². The second-order valence-corrected chi connectivity index (χ2v) is 5.05. The topological polar surface area (TPSA) is 76.3 Å². The highest BCUT2D eigenvalue weighted by Crippen LogP contribution is 2.25. The summed E-state index contributed by atoms with van der Waals surface area (Å²) in [5, 5.41) is 3.75. The lowest BCUT2D eigenvalue weighted by Gasteiger charge is -2.32. The van der Waals surface area contributed by atoms with Gasteiger partial charge in [0.05, 0.1) is 6.61 Å². The molecule has 0 radical (unpaired) electrons. The minimum atomic E-state index is 0.316. The van der Waals surface area contributed by atoms with Gasteiger partial charge in [-0.25, -0.2) is 9.97 Å². The summed E-state index contributed by atoms with van der Waals surface area (Å²) in [4.78, 5) is 10.4. The van der Waals surface area contributed by atoms with Gasteiger partial charge in [0.1, 0.15) is 17.2 Å². The van der Waals surface area contributed by atoms with Crippen LogP contribution < -0.4 is 11.1 Å². The van der Waals surface area contributed by atoms with Crippen LogP contribution in [0, 0.1) is 0 Å². The Hall–Kier alpha value is -1.11. The molecule has 7 heteroatoms. The largest absolute Gasteiger partial charge is 0.383 e. The zero-order valence-electron chi connectivity index (χ0n) is 11.1. The molecule has 2 rings (SSSR count). The summed E-state index contributed by atoms with van der Waals surface area (Å²) in [6, 6.07) is 0.380. The van der Waals surface area contributed by atoms with Crippen LogP contribution in [0.5, 0.6) is 0 Å². The van der Waals surface area contributed by atoms with E-state index in [1.54, 1.807) is 7.11 Å². The van der Waals surface area contributed by atoms with Gasteiger partial charge in [0, 0.05) is 32.8 Å². The third-order valence-corrected chi connectivity index (χ3v) is 3.73. The van der Waals surface area contributed by atoms with Crippen molar-refractivity contribution in [3.63, 3.8) is 0 Å². The Bertz CT molecular complexity index is 409. The lowest BCUT2D eigenvalue weighted by molar-refractivity contribution is 0.132. The first-order valence-corrected chi connectivity index (χ1v) is 6.82. The minimum Gasteiger partial charge on any atom is -0.383 e. The Morgan fingerprint density at radius 3 is 2.89 bits per heavy atom. The van der Waals surface area contributed by atoms with Crippen molar-refractivity contribution in [2.24, 2.45) is 0 Å². The predicted octanol–water partition coefficient (Wildman–Crippen LogP) is 1.23. The average molecular weight is 286 g/mol. The highest BCUT2D eigenvalue weighted by Gasteiger charge is 2.20. The molecule has 6 nitrogen and oxygen atoms in total. The maximum atomic E-state index is 6.07. The molecule has 19 heavy (non-hydrogen) atoms. The number of methoxy groups -OCH3 is 1. The standard InChI is InChI=1S/C12H20ClN5O/c1-19-7-6-18-4-2-9(3-5-18)17-12-10(13)11(14)15-8-16-12/h8-9H,2-7H2,1H3,(H3,14,15,16,17). The zero-order chi connectivity index (χ0) is 13.7. The molecule has 0 aromatic carbocycles. The first-order chi connectivity index (χ1) is 9.20. The van der Waals surface area contributed by atoms with Crippen molar-refractivity contribution >= 4 is 23.2 Å². The van der Waals surface area contributed by atoms with Crippen molar-refractivity contribution < 1.29 is 4.74 Å². The van der Waals surface area contributed by atoms with Crippen LogP contribution in [0.2, 0.25) is 5.02 Å². The molecule has 0 spiro atoms. The van der Waals surface area contributed by atoms with Gasteiger partial charge >= 0.3 is 0 Å². The van der Waals surface area contributed by atoms with Crippen molar-refractivity contribution in [3.8, 4) is 0 Å². The van der Waals surface area contributed by atoms with Crippen LogP contribution in [0.1, 0.15) is 12.8 Å². The number of anilines is 2. The van der Waals surface area contributed by atoms with Gasteiger partial charge in [0.25, 0.3) is 0 Å². The number of likely N-dealkylation sites (tertiary alicyclic amines) is 1. The first kappa shape index (κ1) is 14.3. The van der Waals surface area contributed by atoms with Crippen LogP contribution >= 0.6 is 11.6 Å². The van der Waals surface area contributed by atoms with Gasteiger partial charge in [0.15, 0.2) is 5.82 Å². The smallest absolute Gasteiger partial charge is 0.150 e. The summed E-state index contributed by atoms with van der Waals surface area (Å²) < 4.78 is 5.09. The molecule has 1 aromatic rings. The van der Waals surface area contributed by atoms with E-state index in [0.717, 1.165) is 39.1 Å². The molecule has 0 unspecified atom stereocenters. The van der Waals surface area contributed by atoms with E-state index in [0.29, 0.717) is 22.7 Å². The zero-order valence-corrected chi connectivity index (χ0v) is 11.9. The molecule has 0 aliphatic carbocycles. The van der Waals surface area contributed by atoms with Crippen LogP contribution in [-0.4, -0.2) is 54.3 Å². The van der Waals surface area contributed by atoms with Gasteiger partial charge in [-0.05, 0) is 12.8 Å². The number of nitrogens with one attached hydrogen (secondary N) is 1. The normalized spacial score (nSPS) is 17.6. The van der Waals surface area contributed by atoms with Crippen LogP contribution in [0.15, 0.2) is 6.33 Å². The fourth-order valence-corrected chi connectivity index (χ4v) is 2.35. The molecule has 0 saturated carbocycles.